The zero-order chi connectivity index (χ0) is 27.1. The highest BCUT2D eigenvalue weighted by Crippen LogP contribution is 2.32. The van der Waals surface area contributed by atoms with Crippen LogP contribution in [0.25, 0.3) is 10.8 Å². The number of hydrogen-bond donors (Lipinski definition) is 1. The van der Waals surface area contributed by atoms with Gasteiger partial charge in [0.15, 0.2) is 12.4 Å². The Kier molecular flexibility index (Phi) is 8.39. The van der Waals surface area contributed by atoms with Gasteiger partial charge in [-0.25, -0.2) is 9.97 Å². The van der Waals surface area contributed by atoms with E-state index in [0.717, 1.165) is 68.6 Å². The lowest BCUT2D eigenvalue weighted by Crippen LogP contribution is -2.43. The summed E-state index contributed by atoms with van der Waals surface area (Å²) in [7, 11) is 0. The Morgan fingerprint density at radius 3 is 2.40 bits per heavy atom. The summed E-state index contributed by atoms with van der Waals surface area (Å²) in [6.45, 7) is 5.42. The molecule has 212 valence electrons. The second kappa shape index (κ2) is 12.6. The summed E-state index contributed by atoms with van der Waals surface area (Å²) in [4.78, 5) is 30.0. The molecule has 1 aromatic carbocycles. The van der Waals surface area contributed by atoms with Crippen molar-refractivity contribution in [3.05, 3.63) is 42.7 Å². The number of carbonyl (C=O) groups is 1. The zero-order valence-electron chi connectivity index (χ0n) is 22.7. The molecule has 1 amide bonds. The van der Waals surface area contributed by atoms with E-state index in [-0.39, 0.29) is 24.7 Å². The third-order valence-corrected chi connectivity index (χ3v) is 7.67. The van der Waals surface area contributed by atoms with Crippen LogP contribution < -0.4 is 19.7 Å². The first-order chi connectivity index (χ1) is 19.7. The molecule has 0 radical (unpaired) electrons. The average molecular weight is 549 g/mol. The Hall–Kier alpha value is -3.70. The van der Waals surface area contributed by atoms with E-state index in [1.54, 1.807) is 17.3 Å². The Balaban J connectivity index is 1.00. The molecule has 1 saturated carbocycles. The van der Waals surface area contributed by atoms with Crippen LogP contribution in [0.5, 0.6) is 11.6 Å². The maximum atomic E-state index is 12.3. The fraction of sp³-hybridized carbons (Fsp3) is 0.517. The van der Waals surface area contributed by atoms with Crippen molar-refractivity contribution in [2.75, 3.05) is 69.4 Å². The molecule has 3 aromatic rings. The highest BCUT2D eigenvalue weighted by atomic mass is 16.5. The Labute approximate surface area is 233 Å². The molecule has 0 atom stereocenters. The molecular weight excluding hydrogens is 512 g/mol. The van der Waals surface area contributed by atoms with Crippen LogP contribution in [0.15, 0.2) is 42.7 Å². The van der Waals surface area contributed by atoms with E-state index in [9.17, 15) is 4.79 Å². The number of ether oxygens (including phenoxy) is 4. The molecule has 3 aliphatic rings. The van der Waals surface area contributed by atoms with Crippen molar-refractivity contribution in [3.63, 3.8) is 0 Å². The maximum absolute atomic E-state index is 12.3. The predicted octanol–water partition coefficient (Wildman–Crippen LogP) is 2.90. The van der Waals surface area contributed by atoms with Crippen molar-refractivity contribution in [2.45, 2.75) is 37.8 Å². The van der Waals surface area contributed by atoms with Gasteiger partial charge in [0.05, 0.1) is 38.8 Å². The molecule has 2 aliphatic heterocycles. The third kappa shape index (κ3) is 6.53. The number of morpholine rings is 2. The predicted molar refractivity (Wildman–Crippen MR) is 150 cm³/mol. The molecule has 11 nitrogen and oxygen atoms in total. The van der Waals surface area contributed by atoms with Gasteiger partial charge in [-0.3, -0.25) is 4.79 Å². The minimum Gasteiger partial charge on any atom is -0.481 e. The first kappa shape index (κ1) is 26.5. The fourth-order valence-electron chi connectivity index (χ4n) is 5.38. The van der Waals surface area contributed by atoms with Gasteiger partial charge in [0, 0.05) is 37.6 Å². The van der Waals surface area contributed by atoms with Crippen LogP contribution in [-0.2, 0) is 14.3 Å². The molecule has 3 fully saturated rings. The molecule has 40 heavy (non-hydrogen) atoms. The number of aromatic nitrogens is 3. The highest BCUT2D eigenvalue weighted by molar-refractivity contribution is 5.89. The second-order valence-corrected chi connectivity index (χ2v) is 10.4. The maximum Gasteiger partial charge on any atom is 0.260 e. The fourth-order valence-corrected chi connectivity index (χ4v) is 5.38. The first-order valence-electron chi connectivity index (χ1n) is 14.2. The van der Waals surface area contributed by atoms with E-state index in [1.807, 2.05) is 6.07 Å². The Morgan fingerprint density at radius 1 is 0.950 bits per heavy atom. The number of nitrogens with one attached hydrogen (secondary N) is 1. The smallest absolute Gasteiger partial charge is 0.260 e. The normalized spacial score (nSPS) is 21.7. The van der Waals surface area contributed by atoms with Crippen molar-refractivity contribution < 1.29 is 23.7 Å². The number of carbonyl (C=O) groups excluding carboxylic acids is 1. The summed E-state index contributed by atoms with van der Waals surface area (Å²) in [6, 6.07) is 10.7. The quantitative estimate of drug-likeness (QED) is 0.451. The van der Waals surface area contributed by atoms with E-state index in [4.69, 9.17) is 23.9 Å². The molecule has 0 bridgehead atoms. The number of rotatable bonds is 8. The van der Waals surface area contributed by atoms with E-state index in [0.29, 0.717) is 43.9 Å². The largest absolute Gasteiger partial charge is 0.481 e. The van der Waals surface area contributed by atoms with Gasteiger partial charge in [-0.15, -0.1) is 0 Å². The van der Waals surface area contributed by atoms with Gasteiger partial charge in [-0.2, -0.15) is 4.98 Å². The standard InChI is InChI=1S/C29H36N6O5/c36-27(35-11-15-38-16-12-35)20-39-24-18-30-29(31-19-24)32-22-5-7-23(8-6-22)40-28-25-4-2-1-3-21(25)17-26(33-28)34-9-13-37-14-10-34/h1-4,17-19,22-23H,5-16,20H2,(H,30,31,32)/t22-,23+. The van der Waals surface area contributed by atoms with Gasteiger partial charge in [0.1, 0.15) is 11.9 Å². The highest BCUT2D eigenvalue weighted by Gasteiger charge is 2.25. The summed E-state index contributed by atoms with van der Waals surface area (Å²) in [5, 5.41) is 5.62. The lowest BCUT2D eigenvalue weighted by molar-refractivity contribution is -0.137. The SMILES string of the molecule is O=C(COc1cnc(N[C@H]2CC[C@@H](Oc3nc(N4CCOCC4)cc4ccccc34)CC2)nc1)N1CCOCC1. The summed E-state index contributed by atoms with van der Waals surface area (Å²) in [5.74, 6) is 2.63. The number of amides is 1. The van der Waals surface area contributed by atoms with Crippen LogP contribution in [0.2, 0.25) is 0 Å². The van der Waals surface area contributed by atoms with E-state index >= 15 is 0 Å². The van der Waals surface area contributed by atoms with Crippen molar-refractivity contribution in [2.24, 2.45) is 0 Å². The van der Waals surface area contributed by atoms with Crippen LogP contribution in [0.4, 0.5) is 11.8 Å². The summed E-state index contributed by atoms with van der Waals surface area (Å²) in [5.41, 5.74) is 0. The van der Waals surface area contributed by atoms with Gasteiger partial charge in [0.25, 0.3) is 5.91 Å². The Bertz CT molecular complexity index is 1270. The first-order valence-corrected chi connectivity index (χ1v) is 14.2. The van der Waals surface area contributed by atoms with E-state index in [1.165, 1.54) is 0 Å². The lowest BCUT2D eigenvalue weighted by Gasteiger charge is -2.31. The molecule has 11 heteroatoms. The number of anilines is 2. The topological polar surface area (TPSA) is 111 Å². The molecule has 1 aliphatic carbocycles. The van der Waals surface area contributed by atoms with Crippen LogP contribution in [0.3, 0.4) is 0 Å². The minimum atomic E-state index is -0.0551. The van der Waals surface area contributed by atoms with Crippen molar-refractivity contribution in [3.8, 4) is 11.6 Å². The van der Waals surface area contributed by atoms with Gasteiger partial charge < -0.3 is 34.1 Å². The van der Waals surface area contributed by atoms with Crippen LogP contribution in [0, 0.1) is 0 Å². The third-order valence-electron chi connectivity index (χ3n) is 7.67. The lowest BCUT2D eigenvalue weighted by atomic mass is 9.93. The number of pyridine rings is 1. The van der Waals surface area contributed by atoms with Crippen LogP contribution >= 0.6 is 0 Å². The van der Waals surface area contributed by atoms with Crippen molar-refractivity contribution in [1.29, 1.82) is 0 Å². The summed E-state index contributed by atoms with van der Waals surface area (Å²) >= 11 is 0. The zero-order valence-corrected chi connectivity index (χ0v) is 22.7. The molecule has 0 unspecified atom stereocenters. The van der Waals surface area contributed by atoms with Crippen LogP contribution in [0.1, 0.15) is 25.7 Å². The molecule has 2 saturated heterocycles. The molecular formula is C29H36N6O5. The summed E-state index contributed by atoms with van der Waals surface area (Å²) < 4.78 is 22.9. The number of benzene rings is 1. The Morgan fingerprint density at radius 2 is 1.65 bits per heavy atom. The van der Waals surface area contributed by atoms with E-state index < -0.39 is 0 Å². The molecule has 6 rings (SSSR count). The van der Waals surface area contributed by atoms with Gasteiger partial charge in [-0.1, -0.05) is 18.2 Å². The van der Waals surface area contributed by atoms with Crippen LogP contribution in [-0.4, -0.2) is 97.1 Å². The molecule has 0 spiro atoms. The van der Waals surface area contributed by atoms with Gasteiger partial charge in [0.2, 0.25) is 11.8 Å². The van der Waals surface area contributed by atoms with Crippen molar-refractivity contribution in [1.82, 2.24) is 19.9 Å². The minimum absolute atomic E-state index is 0.0281. The van der Waals surface area contributed by atoms with E-state index in [2.05, 4.69) is 44.5 Å². The monoisotopic (exact) mass is 548 g/mol. The average Bonchev–Trinajstić information content (AvgIpc) is 3.02. The number of fused-ring (bicyclic) bond motifs is 1. The van der Waals surface area contributed by atoms with Crippen molar-refractivity contribution >= 4 is 28.4 Å². The second-order valence-electron chi connectivity index (χ2n) is 10.4. The summed E-state index contributed by atoms with van der Waals surface area (Å²) in [6.07, 6.45) is 7.04. The molecule has 1 N–H and O–H groups in total. The van der Waals surface area contributed by atoms with Gasteiger partial charge >= 0.3 is 0 Å². The van der Waals surface area contributed by atoms with Gasteiger partial charge in [-0.05, 0) is 43.2 Å². The number of nitrogens with zero attached hydrogens (tertiary/aromatic N) is 5. The molecule has 2 aromatic heterocycles. The molecule has 4 heterocycles. The number of hydrogen-bond acceptors (Lipinski definition) is 10.